The molecular weight excluding hydrogens is 580 g/mol. The van der Waals surface area contributed by atoms with E-state index in [9.17, 15) is 26.3 Å². The van der Waals surface area contributed by atoms with Crippen molar-refractivity contribution in [2.75, 3.05) is 13.2 Å². The van der Waals surface area contributed by atoms with Crippen LogP contribution in [0.15, 0.2) is 84.9 Å². The minimum absolute atomic E-state index is 0.0456. The van der Waals surface area contributed by atoms with E-state index < -0.39 is 46.8 Å². The molecule has 4 aromatic carbocycles. The Labute approximate surface area is 242 Å². The van der Waals surface area contributed by atoms with Gasteiger partial charge in [0.15, 0.2) is 11.6 Å². The lowest BCUT2D eigenvalue weighted by Gasteiger charge is -2.41. The number of benzene rings is 4. The Morgan fingerprint density at radius 1 is 0.698 bits per heavy atom. The summed E-state index contributed by atoms with van der Waals surface area (Å²) < 4.78 is 124. The molecule has 1 aliphatic rings. The quantitative estimate of drug-likeness (QED) is 0.204. The van der Waals surface area contributed by atoms with Gasteiger partial charge in [0.1, 0.15) is 0 Å². The second kappa shape index (κ2) is 11.7. The number of aryl methyl sites for hydroxylation is 1. The van der Waals surface area contributed by atoms with Crippen LogP contribution in [-0.4, -0.2) is 13.2 Å². The summed E-state index contributed by atoms with van der Waals surface area (Å²) in [5, 5.41) is 0. The Kier molecular flexibility index (Phi) is 8.37. The van der Waals surface area contributed by atoms with Crippen LogP contribution in [0.2, 0.25) is 0 Å². The van der Waals surface area contributed by atoms with Crippen LogP contribution in [0.4, 0.5) is 35.1 Å². The number of halogens is 8. The average molecular weight is 607 g/mol. The van der Waals surface area contributed by atoms with Gasteiger partial charge in [-0.15, -0.1) is 0 Å². The summed E-state index contributed by atoms with van der Waals surface area (Å²) in [6.07, 6.45) is -7.71. The van der Waals surface area contributed by atoms with Gasteiger partial charge < -0.3 is 9.47 Å². The molecule has 5 rings (SSSR count). The minimum atomic E-state index is -4.75. The van der Waals surface area contributed by atoms with E-state index in [0.29, 0.717) is 5.56 Å². The molecule has 0 N–H and O–H groups in total. The summed E-state index contributed by atoms with van der Waals surface area (Å²) in [6, 6.07) is 17.7. The molecule has 0 unspecified atom stereocenters. The molecule has 0 amide bonds. The topological polar surface area (TPSA) is 18.5 Å². The smallest absolute Gasteiger partial charge is 0.341 e. The maximum absolute atomic E-state index is 15.4. The van der Waals surface area contributed by atoms with Crippen molar-refractivity contribution >= 4 is 0 Å². The molecule has 1 heterocycles. The van der Waals surface area contributed by atoms with Crippen molar-refractivity contribution in [1.82, 2.24) is 0 Å². The van der Waals surface area contributed by atoms with Gasteiger partial charge in [0.25, 0.3) is 0 Å². The summed E-state index contributed by atoms with van der Waals surface area (Å²) in [7, 11) is 0. The van der Waals surface area contributed by atoms with E-state index in [-0.39, 0.29) is 35.5 Å². The summed E-state index contributed by atoms with van der Waals surface area (Å²) in [5.74, 6) is -5.31. The van der Waals surface area contributed by atoms with Crippen LogP contribution in [0.5, 0.6) is 0 Å². The lowest BCUT2D eigenvalue weighted by Crippen LogP contribution is -2.42. The van der Waals surface area contributed by atoms with E-state index in [1.165, 1.54) is 24.3 Å². The van der Waals surface area contributed by atoms with E-state index in [0.717, 1.165) is 54.8 Å². The van der Waals surface area contributed by atoms with Gasteiger partial charge in [-0.3, -0.25) is 0 Å². The molecule has 43 heavy (non-hydrogen) atoms. The monoisotopic (exact) mass is 606 g/mol. The molecule has 1 fully saturated rings. The summed E-state index contributed by atoms with van der Waals surface area (Å²) in [4.78, 5) is 0. The van der Waals surface area contributed by atoms with Crippen molar-refractivity contribution in [3.63, 3.8) is 0 Å². The van der Waals surface area contributed by atoms with Crippen LogP contribution >= 0.6 is 0 Å². The van der Waals surface area contributed by atoms with Gasteiger partial charge in [-0.25, -0.2) is 8.78 Å². The lowest BCUT2D eigenvalue weighted by atomic mass is 9.90. The van der Waals surface area contributed by atoms with Crippen LogP contribution < -0.4 is 0 Å². The van der Waals surface area contributed by atoms with Gasteiger partial charge in [-0.05, 0) is 47.4 Å². The standard InChI is InChI=1S/C33H26F8O2/c1-2-5-20-10-12-21(13-11-20)27-14-15-28(30(35)29(27)34)22-18-42-31(43-19-22,23-6-3-8-25(16-23)32(36,37)38)24-7-4-9-26(17-24)33(39,40)41/h3-4,6-17,22H,2,5,18-19H2,1H3. The number of rotatable bonds is 6. The second-order valence-corrected chi connectivity index (χ2v) is 10.4. The van der Waals surface area contributed by atoms with Crippen LogP contribution in [0, 0.1) is 11.6 Å². The zero-order chi connectivity index (χ0) is 31.0. The van der Waals surface area contributed by atoms with Crippen molar-refractivity contribution < 1.29 is 44.6 Å². The van der Waals surface area contributed by atoms with E-state index in [1.54, 1.807) is 12.1 Å². The maximum Gasteiger partial charge on any atom is 0.416 e. The van der Waals surface area contributed by atoms with Gasteiger partial charge in [0.05, 0.1) is 24.3 Å². The molecule has 0 bridgehead atoms. The van der Waals surface area contributed by atoms with Crippen molar-refractivity contribution in [1.29, 1.82) is 0 Å². The van der Waals surface area contributed by atoms with Gasteiger partial charge >= 0.3 is 12.4 Å². The fraction of sp³-hybridized carbons (Fsp3) is 0.273. The molecule has 226 valence electrons. The first kappa shape index (κ1) is 30.7. The predicted molar refractivity (Wildman–Crippen MR) is 144 cm³/mol. The van der Waals surface area contributed by atoms with E-state index in [4.69, 9.17) is 9.47 Å². The Hall–Kier alpha value is -3.76. The highest BCUT2D eigenvalue weighted by molar-refractivity contribution is 5.65. The molecule has 1 aliphatic heterocycles. The molecular formula is C33H26F8O2. The summed E-state index contributed by atoms with van der Waals surface area (Å²) in [5.41, 5.74) is -1.02. The van der Waals surface area contributed by atoms with Crippen molar-refractivity contribution in [2.45, 2.75) is 43.8 Å². The van der Waals surface area contributed by atoms with Crippen LogP contribution in [0.1, 0.15) is 52.6 Å². The molecule has 10 heteroatoms. The van der Waals surface area contributed by atoms with Crippen LogP contribution in [0.3, 0.4) is 0 Å². The molecule has 0 saturated carbocycles. The number of hydrogen-bond donors (Lipinski definition) is 0. The largest absolute Gasteiger partial charge is 0.416 e. The molecule has 0 aliphatic carbocycles. The number of alkyl halides is 6. The fourth-order valence-corrected chi connectivity index (χ4v) is 5.25. The van der Waals surface area contributed by atoms with E-state index >= 15 is 8.78 Å². The highest BCUT2D eigenvalue weighted by atomic mass is 19.4. The zero-order valence-electron chi connectivity index (χ0n) is 22.8. The third-order valence-electron chi connectivity index (χ3n) is 7.47. The minimum Gasteiger partial charge on any atom is -0.341 e. The maximum atomic E-state index is 15.4. The number of ether oxygens (including phenoxy) is 2. The Morgan fingerprint density at radius 2 is 1.23 bits per heavy atom. The van der Waals surface area contributed by atoms with Gasteiger partial charge in [0.2, 0.25) is 5.79 Å². The lowest BCUT2D eigenvalue weighted by molar-refractivity contribution is -0.257. The van der Waals surface area contributed by atoms with Crippen molar-refractivity contribution in [3.8, 4) is 11.1 Å². The summed E-state index contributed by atoms with van der Waals surface area (Å²) >= 11 is 0. The first-order valence-electron chi connectivity index (χ1n) is 13.5. The van der Waals surface area contributed by atoms with Gasteiger partial charge in [-0.1, -0.05) is 74.0 Å². The van der Waals surface area contributed by atoms with Crippen molar-refractivity contribution in [3.05, 3.63) is 130 Å². The average Bonchev–Trinajstić information content (AvgIpc) is 2.99. The molecule has 0 spiro atoms. The highest BCUT2D eigenvalue weighted by Gasteiger charge is 2.45. The third-order valence-corrected chi connectivity index (χ3v) is 7.47. The van der Waals surface area contributed by atoms with Gasteiger partial charge in [0, 0.05) is 22.6 Å². The molecule has 2 nitrogen and oxygen atoms in total. The first-order valence-corrected chi connectivity index (χ1v) is 13.5. The third kappa shape index (κ3) is 6.17. The molecule has 0 atom stereocenters. The van der Waals surface area contributed by atoms with Crippen LogP contribution in [-0.2, 0) is 34.0 Å². The van der Waals surface area contributed by atoms with E-state index in [2.05, 4.69) is 0 Å². The highest BCUT2D eigenvalue weighted by Crippen LogP contribution is 2.44. The van der Waals surface area contributed by atoms with E-state index in [1.807, 2.05) is 19.1 Å². The predicted octanol–water partition coefficient (Wildman–Crippen LogP) is 9.65. The number of hydrogen-bond acceptors (Lipinski definition) is 2. The fourth-order valence-electron chi connectivity index (χ4n) is 5.25. The Balaban J connectivity index is 1.49. The Bertz CT molecular complexity index is 1520. The normalized spacial score (nSPS) is 15.9. The molecule has 0 radical (unpaired) electrons. The van der Waals surface area contributed by atoms with Crippen molar-refractivity contribution in [2.24, 2.45) is 0 Å². The molecule has 4 aromatic rings. The summed E-state index contributed by atoms with van der Waals surface area (Å²) in [6.45, 7) is 1.27. The first-order chi connectivity index (χ1) is 20.3. The van der Waals surface area contributed by atoms with Gasteiger partial charge in [-0.2, -0.15) is 26.3 Å². The SMILES string of the molecule is CCCc1ccc(-c2ccc(C3COC(c4cccc(C(F)(F)F)c4)(c4cccc(C(F)(F)F)c4)OC3)c(F)c2F)cc1. The molecule has 1 saturated heterocycles. The molecule has 0 aromatic heterocycles. The Morgan fingerprint density at radius 3 is 1.72 bits per heavy atom. The zero-order valence-corrected chi connectivity index (χ0v) is 22.8. The second-order valence-electron chi connectivity index (χ2n) is 10.4. The van der Waals surface area contributed by atoms with Crippen LogP contribution in [0.25, 0.3) is 11.1 Å².